The van der Waals surface area contributed by atoms with Crippen LogP contribution in [0.25, 0.3) is 0 Å². The molecule has 0 saturated carbocycles. The topological polar surface area (TPSA) is 51.2 Å². The second-order valence-corrected chi connectivity index (χ2v) is 7.15. The Kier molecular flexibility index (Phi) is 6.16. The molecule has 2 rings (SSSR count). The number of carbonyl (C=O) groups excluding carboxylic acids is 1. The van der Waals surface area contributed by atoms with E-state index in [4.69, 9.17) is 4.74 Å². The van der Waals surface area contributed by atoms with Gasteiger partial charge in [0, 0.05) is 6.54 Å². The standard InChI is InChI=1S/C18H24N2O2S/c1-12(2)9-10-19-18(21)17-14(4)20-16(23-17)11-22-15-7-5-13(3)6-8-15/h5-8,12H,9-11H2,1-4H3,(H,19,21). The minimum absolute atomic E-state index is 0.0396. The van der Waals surface area contributed by atoms with Crippen molar-refractivity contribution >= 4 is 17.2 Å². The van der Waals surface area contributed by atoms with Crippen LogP contribution in [0.3, 0.4) is 0 Å². The van der Waals surface area contributed by atoms with Crippen molar-refractivity contribution in [2.75, 3.05) is 6.54 Å². The van der Waals surface area contributed by atoms with Crippen molar-refractivity contribution in [3.05, 3.63) is 45.4 Å². The average Bonchev–Trinajstić information content (AvgIpc) is 2.87. The minimum Gasteiger partial charge on any atom is -0.486 e. The molecule has 5 heteroatoms. The summed E-state index contributed by atoms with van der Waals surface area (Å²) < 4.78 is 5.72. The van der Waals surface area contributed by atoms with E-state index in [1.807, 2.05) is 38.1 Å². The molecular formula is C18H24N2O2S. The molecule has 1 aromatic carbocycles. The van der Waals surface area contributed by atoms with Gasteiger partial charge in [0.05, 0.1) is 5.69 Å². The third kappa shape index (κ3) is 5.36. The number of hydrogen-bond donors (Lipinski definition) is 1. The predicted octanol–water partition coefficient (Wildman–Crippen LogP) is 4.11. The largest absolute Gasteiger partial charge is 0.486 e. The Labute approximate surface area is 141 Å². The molecular weight excluding hydrogens is 308 g/mol. The molecule has 0 aliphatic rings. The number of nitrogens with zero attached hydrogens (tertiary/aromatic N) is 1. The van der Waals surface area contributed by atoms with E-state index in [0.717, 1.165) is 22.9 Å². The maximum atomic E-state index is 12.2. The first-order chi connectivity index (χ1) is 11.0. The number of aromatic nitrogens is 1. The summed E-state index contributed by atoms with van der Waals surface area (Å²) in [6, 6.07) is 7.90. The average molecular weight is 332 g/mol. The molecule has 1 aromatic heterocycles. The molecule has 0 aliphatic heterocycles. The lowest BCUT2D eigenvalue weighted by atomic mass is 10.1. The highest BCUT2D eigenvalue weighted by molar-refractivity contribution is 7.13. The van der Waals surface area contributed by atoms with Gasteiger partial charge in [-0.25, -0.2) is 4.98 Å². The van der Waals surface area contributed by atoms with Crippen LogP contribution in [0, 0.1) is 19.8 Å². The molecule has 124 valence electrons. The molecule has 0 spiro atoms. The van der Waals surface area contributed by atoms with E-state index in [2.05, 4.69) is 24.1 Å². The summed E-state index contributed by atoms with van der Waals surface area (Å²) in [6.07, 6.45) is 0.979. The Morgan fingerprint density at radius 2 is 1.96 bits per heavy atom. The fourth-order valence-electron chi connectivity index (χ4n) is 2.06. The first-order valence-electron chi connectivity index (χ1n) is 7.89. The van der Waals surface area contributed by atoms with Crippen LogP contribution in [0.5, 0.6) is 5.75 Å². The van der Waals surface area contributed by atoms with Gasteiger partial charge in [-0.2, -0.15) is 0 Å². The van der Waals surface area contributed by atoms with Crippen LogP contribution in [0.2, 0.25) is 0 Å². The number of benzene rings is 1. The summed E-state index contributed by atoms with van der Waals surface area (Å²) in [5.74, 6) is 1.35. The van der Waals surface area contributed by atoms with E-state index in [9.17, 15) is 4.79 Å². The summed E-state index contributed by atoms with van der Waals surface area (Å²) in [5, 5.41) is 3.77. The molecule has 23 heavy (non-hydrogen) atoms. The van der Waals surface area contributed by atoms with Gasteiger partial charge >= 0.3 is 0 Å². The second-order valence-electron chi connectivity index (χ2n) is 6.06. The maximum Gasteiger partial charge on any atom is 0.263 e. The van der Waals surface area contributed by atoms with Gasteiger partial charge in [-0.3, -0.25) is 4.79 Å². The number of rotatable bonds is 7. The van der Waals surface area contributed by atoms with Gasteiger partial charge in [0.15, 0.2) is 0 Å². The highest BCUT2D eigenvalue weighted by atomic mass is 32.1. The Hall–Kier alpha value is -1.88. The lowest BCUT2D eigenvalue weighted by molar-refractivity contribution is 0.0955. The number of aryl methyl sites for hydroxylation is 2. The summed E-state index contributed by atoms with van der Waals surface area (Å²) in [4.78, 5) is 17.3. The molecule has 0 saturated heterocycles. The van der Waals surface area contributed by atoms with Crippen molar-refractivity contribution in [1.29, 1.82) is 0 Å². The highest BCUT2D eigenvalue weighted by Gasteiger charge is 2.15. The molecule has 4 nitrogen and oxygen atoms in total. The van der Waals surface area contributed by atoms with Crippen LogP contribution < -0.4 is 10.1 Å². The van der Waals surface area contributed by atoms with Crippen LogP contribution in [-0.4, -0.2) is 17.4 Å². The number of thiazole rings is 1. The van der Waals surface area contributed by atoms with Crippen molar-refractivity contribution < 1.29 is 9.53 Å². The summed E-state index contributed by atoms with van der Waals surface area (Å²) in [6.45, 7) is 9.27. The van der Waals surface area contributed by atoms with E-state index < -0.39 is 0 Å². The van der Waals surface area contributed by atoms with Gasteiger partial charge in [0.2, 0.25) is 0 Å². The fourth-order valence-corrected chi connectivity index (χ4v) is 2.95. The zero-order valence-corrected chi connectivity index (χ0v) is 15.0. The monoisotopic (exact) mass is 332 g/mol. The van der Waals surface area contributed by atoms with Crippen molar-refractivity contribution in [3.8, 4) is 5.75 Å². The molecule has 0 aliphatic carbocycles. The molecule has 0 atom stereocenters. The fraction of sp³-hybridized carbons (Fsp3) is 0.444. The van der Waals surface area contributed by atoms with E-state index in [0.29, 0.717) is 23.9 Å². The van der Waals surface area contributed by atoms with Gasteiger partial charge in [-0.05, 0) is 38.3 Å². The molecule has 0 fully saturated rings. The van der Waals surface area contributed by atoms with Crippen LogP contribution in [0.1, 0.15) is 46.2 Å². The zero-order chi connectivity index (χ0) is 16.8. The summed E-state index contributed by atoms with van der Waals surface area (Å²) in [7, 11) is 0. The minimum atomic E-state index is -0.0396. The van der Waals surface area contributed by atoms with Crippen molar-refractivity contribution in [2.24, 2.45) is 5.92 Å². The summed E-state index contributed by atoms with van der Waals surface area (Å²) in [5.41, 5.74) is 1.96. The number of nitrogens with one attached hydrogen (secondary N) is 1. The normalized spacial score (nSPS) is 10.8. The van der Waals surface area contributed by atoms with Gasteiger partial charge in [0.25, 0.3) is 5.91 Å². The van der Waals surface area contributed by atoms with E-state index in [-0.39, 0.29) is 5.91 Å². The number of carbonyl (C=O) groups is 1. The predicted molar refractivity (Wildman–Crippen MR) is 94.2 cm³/mol. The Bertz CT molecular complexity index is 648. The maximum absolute atomic E-state index is 12.2. The van der Waals surface area contributed by atoms with Gasteiger partial charge in [-0.1, -0.05) is 31.5 Å². The van der Waals surface area contributed by atoms with E-state index in [1.165, 1.54) is 16.9 Å². The third-order valence-electron chi connectivity index (χ3n) is 3.44. The summed E-state index contributed by atoms with van der Waals surface area (Å²) >= 11 is 1.40. The van der Waals surface area contributed by atoms with Gasteiger partial charge in [-0.15, -0.1) is 11.3 Å². The highest BCUT2D eigenvalue weighted by Crippen LogP contribution is 2.20. The number of amides is 1. The molecule has 1 heterocycles. The Morgan fingerprint density at radius 3 is 2.61 bits per heavy atom. The van der Waals surface area contributed by atoms with Crippen molar-refractivity contribution in [3.63, 3.8) is 0 Å². The van der Waals surface area contributed by atoms with Gasteiger partial charge < -0.3 is 10.1 Å². The third-order valence-corrected chi connectivity index (χ3v) is 4.57. The molecule has 0 radical (unpaired) electrons. The smallest absolute Gasteiger partial charge is 0.263 e. The molecule has 2 aromatic rings. The molecule has 1 N–H and O–H groups in total. The second kappa shape index (κ2) is 8.11. The SMILES string of the molecule is Cc1ccc(OCc2nc(C)c(C(=O)NCCC(C)C)s2)cc1. The lowest BCUT2D eigenvalue weighted by Crippen LogP contribution is -2.25. The number of ether oxygens (including phenoxy) is 1. The Morgan fingerprint density at radius 1 is 1.26 bits per heavy atom. The van der Waals surface area contributed by atoms with Crippen molar-refractivity contribution in [1.82, 2.24) is 10.3 Å². The molecule has 0 bridgehead atoms. The van der Waals surface area contributed by atoms with E-state index in [1.54, 1.807) is 0 Å². The first-order valence-corrected chi connectivity index (χ1v) is 8.71. The molecule has 0 unspecified atom stereocenters. The zero-order valence-electron chi connectivity index (χ0n) is 14.2. The Balaban J connectivity index is 1.92. The molecule has 1 amide bonds. The van der Waals surface area contributed by atoms with Crippen LogP contribution in [-0.2, 0) is 6.61 Å². The van der Waals surface area contributed by atoms with Crippen LogP contribution in [0.15, 0.2) is 24.3 Å². The van der Waals surface area contributed by atoms with E-state index >= 15 is 0 Å². The van der Waals surface area contributed by atoms with Crippen LogP contribution >= 0.6 is 11.3 Å². The van der Waals surface area contributed by atoms with Crippen LogP contribution in [0.4, 0.5) is 0 Å². The number of hydrogen-bond acceptors (Lipinski definition) is 4. The first kappa shape index (κ1) is 17.5. The van der Waals surface area contributed by atoms with Gasteiger partial charge in [0.1, 0.15) is 22.2 Å². The van der Waals surface area contributed by atoms with Crippen molar-refractivity contribution in [2.45, 2.75) is 40.7 Å². The quantitative estimate of drug-likeness (QED) is 0.830. The lowest BCUT2D eigenvalue weighted by Gasteiger charge is -2.06.